The van der Waals surface area contributed by atoms with Crippen molar-refractivity contribution < 1.29 is 19.0 Å². The van der Waals surface area contributed by atoms with Crippen LogP contribution >= 0.6 is 0 Å². The lowest BCUT2D eigenvalue weighted by Crippen LogP contribution is -2.41. The molecule has 0 aliphatic carbocycles. The van der Waals surface area contributed by atoms with Crippen LogP contribution in [-0.2, 0) is 4.74 Å². The largest absolute Gasteiger partial charge is 0.484 e. The third kappa shape index (κ3) is 1.49. The van der Waals surface area contributed by atoms with Crippen LogP contribution in [0.5, 0.6) is 5.75 Å². The first kappa shape index (κ1) is 10.1. The summed E-state index contributed by atoms with van der Waals surface area (Å²) < 4.78 is 24.2. The topological polar surface area (TPSA) is 38.7 Å². The summed E-state index contributed by atoms with van der Waals surface area (Å²) in [6, 6.07) is 4.25. The number of aliphatic hydroxyl groups is 1. The van der Waals surface area contributed by atoms with Crippen molar-refractivity contribution >= 4 is 0 Å². The maximum Gasteiger partial charge on any atom is 0.137 e. The lowest BCUT2D eigenvalue weighted by molar-refractivity contribution is -0.0196. The Morgan fingerprint density at radius 1 is 1.44 bits per heavy atom. The molecule has 3 nitrogen and oxygen atoms in total. The van der Waals surface area contributed by atoms with Crippen LogP contribution in [0.2, 0.25) is 0 Å². The molecule has 1 aromatic rings. The van der Waals surface area contributed by atoms with Crippen LogP contribution in [0.25, 0.3) is 0 Å². The normalized spacial score (nSPS) is 32.5. The average molecular weight is 224 g/mol. The number of rotatable bonds is 0. The summed E-state index contributed by atoms with van der Waals surface area (Å²) in [5, 5.41) is 10.0. The smallest absolute Gasteiger partial charge is 0.137 e. The Bertz CT molecular complexity index is 413. The molecule has 2 atom stereocenters. The van der Waals surface area contributed by atoms with Crippen molar-refractivity contribution in [3.05, 3.63) is 29.6 Å². The summed E-state index contributed by atoms with van der Waals surface area (Å²) >= 11 is 0. The molecule has 3 rings (SSSR count). The van der Waals surface area contributed by atoms with Gasteiger partial charge < -0.3 is 14.6 Å². The molecule has 2 aliphatic rings. The number of hydrogen-bond acceptors (Lipinski definition) is 3. The van der Waals surface area contributed by atoms with Gasteiger partial charge in [-0.2, -0.15) is 0 Å². The highest BCUT2D eigenvalue weighted by Crippen LogP contribution is 2.43. The lowest BCUT2D eigenvalue weighted by atomic mass is 9.88. The van der Waals surface area contributed by atoms with Gasteiger partial charge in [0.25, 0.3) is 0 Å². The van der Waals surface area contributed by atoms with E-state index in [9.17, 15) is 9.50 Å². The minimum Gasteiger partial charge on any atom is -0.484 e. The highest BCUT2D eigenvalue weighted by atomic mass is 19.1. The fourth-order valence-corrected chi connectivity index (χ4v) is 2.44. The highest BCUT2D eigenvalue weighted by Gasteiger charge is 2.43. The monoisotopic (exact) mass is 224 g/mol. The van der Waals surface area contributed by atoms with E-state index in [4.69, 9.17) is 9.47 Å². The molecule has 0 amide bonds. The molecule has 1 spiro atoms. The third-order valence-electron chi connectivity index (χ3n) is 3.29. The SMILES string of the molecule is OC1CC2(CCOC2)Oc2cc(F)ccc21. The van der Waals surface area contributed by atoms with Crippen LogP contribution in [0.4, 0.5) is 4.39 Å². The predicted octanol–water partition coefficient (Wildman–Crippen LogP) is 1.80. The molecule has 4 heteroatoms. The molecule has 1 fully saturated rings. The van der Waals surface area contributed by atoms with E-state index in [0.717, 1.165) is 6.42 Å². The van der Waals surface area contributed by atoms with Gasteiger partial charge in [0.2, 0.25) is 0 Å². The fourth-order valence-electron chi connectivity index (χ4n) is 2.44. The maximum atomic E-state index is 13.1. The molecular formula is C12H13FO3. The fraction of sp³-hybridized carbons (Fsp3) is 0.500. The van der Waals surface area contributed by atoms with Gasteiger partial charge in [-0.1, -0.05) is 0 Å². The van der Waals surface area contributed by atoms with Crippen LogP contribution in [-0.4, -0.2) is 23.9 Å². The zero-order valence-corrected chi connectivity index (χ0v) is 8.78. The first-order valence-electron chi connectivity index (χ1n) is 5.43. The molecule has 1 N–H and O–H groups in total. The van der Waals surface area contributed by atoms with Gasteiger partial charge in [-0.15, -0.1) is 0 Å². The van der Waals surface area contributed by atoms with E-state index in [1.165, 1.54) is 12.1 Å². The van der Waals surface area contributed by atoms with Crippen molar-refractivity contribution in [2.24, 2.45) is 0 Å². The molecule has 86 valence electrons. The summed E-state index contributed by atoms with van der Waals surface area (Å²) in [6.07, 6.45) is 0.678. The molecule has 0 saturated carbocycles. The second kappa shape index (κ2) is 3.43. The van der Waals surface area contributed by atoms with E-state index in [2.05, 4.69) is 0 Å². The van der Waals surface area contributed by atoms with Crippen molar-refractivity contribution in [1.82, 2.24) is 0 Å². The Balaban J connectivity index is 2.00. The second-order valence-electron chi connectivity index (χ2n) is 4.49. The molecule has 0 radical (unpaired) electrons. The number of ether oxygens (including phenoxy) is 2. The Kier molecular flexibility index (Phi) is 2.16. The molecule has 2 unspecified atom stereocenters. The van der Waals surface area contributed by atoms with E-state index < -0.39 is 11.7 Å². The van der Waals surface area contributed by atoms with E-state index in [-0.39, 0.29) is 5.82 Å². The standard InChI is InChI=1S/C12H13FO3/c13-8-1-2-9-10(14)6-12(3-4-15-7-12)16-11(9)5-8/h1-2,5,10,14H,3-4,6-7H2. The van der Waals surface area contributed by atoms with Gasteiger partial charge in [-0.05, 0) is 12.1 Å². The zero-order valence-electron chi connectivity index (χ0n) is 8.78. The Morgan fingerprint density at radius 3 is 3.06 bits per heavy atom. The van der Waals surface area contributed by atoms with Crippen molar-refractivity contribution in [3.8, 4) is 5.75 Å². The van der Waals surface area contributed by atoms with Gasteiger partial charge in [-0.3, -0.25) is 0 Å². The van der Waals surface area contributed by atoms with Gasteiger partial charge in [0, 0.05) is 24.5 Å². The molecule has 0 bridgehead atoms. The quantitative estimate of drug-likeness (QED) is 0.730. The summed E-state index contributed by atoms with van der Waals surface area (Å²) in [5.41, 5.74) is 0.208. The van der Waals surface area contributed by atoms with Gasteiger partial charge in [-0.25, -0.2) is 4.39 Å². The third-order valence-corrected chi connectivity index (χ3v) is 3.29. The van der Waals surface area contributed by atoms with Crippen LogP contribution in [0.3, 0.4) is 0 Å². The van der Waals surface area contributed by atoms with Crippen molar-refractivity contribution in [3.63, 3.8) is 0 Å². The Morgan fingerprint density at radius 2 is 2.31 bits per heavy atom. The number of benzene rings is 1. The number of aliphatic hydroxyl groups excluding tert-OH is 1. The van der Waals surface area contributed by atoms with E-state index in [1.807, 2.05) is 0 Å². The van der Waals surface area contributed by atoms with E-state index in [0.29, 0.717) is 30.9 Å². The minimum atomic E-state index is -0.592. The average Bonchev–Trinajstić information content (AvgIpc) is 2.65. The van der Waals surface area contributed by atoms with Crippen LogP contribution in [0.1, 0.15) is 24.5 Å². The number of fused-ring (bicyclic) bond motifs is 1. The van der Waals surface area contributed by atoms with Gasteiger partial charge in [0.05, 0.1) is 19.3 Å². The summed E-state index contributed by atoms with van der Waals surface area (Å²) in [7, 11) is 0. The van der Waals surface area contributed by atoms with E-state index in [1.54, 1.807) is 6.07 Å². The van der Waals surface area contributed by atoms with Crippen LogP contribution in [0, 0.1) is 5.82 Å². The minimum absolute atomic E-state index is 0.345. The second-order valence-corrected chi connectivity index (χ2v) is 4.49. The van der Waals surface area contributed by atoms with Crippen LogP contribution < -0.4 is 4.74 Å². The zero-order chi connectivity index (χ0) is 11.2. The first-order chi connectivity index (χ1) is 7.69. The Hall–Kier alpha value is -1.13. The van der Waals surface area contributed by atoms with Gasteiger partial charge >= 0.3 is 0 Å². The molecule has 16 heavy (non-hydrogen) atoms. The highest BCUT2D eigenvalue weighted by molar-refractivity contribution is 5.38. The van der Waals surface area contributed by atoms with Crippen molar-refractivity contribution in [2.45, 2.75) is 24.5 Å². The molecule has 1 saturated heterocycles. The number of hydrogen-bond donors (Lipinski definition) is 1. The lowest BCUT2D eigenvalue weighted by Gasteiger charge is -2.36. The predicted molar refractivity (Wildman–Crippen MR) is 54.8 cm³/mol. The summed E-state index contributed by atoms with van der Waals surface area (Å²) in [6.45, 7) is 1.11. The Labute approximate surface area is 92.8 Å². The van der Waals surface area contributed by atoms with Crippen LogP contribution in [0.15, 0.2) is 18.2 Å². The van der Waals surface area contributed by atoms with Gasteiger partial charge in [0.1, 0.15) is 17.2 Å². The van der Waals surface area contributed by atoms with Crippen molar-refractivity contribution in [1.29, 1.82) is 0 Å². The molecule has 0 aromatic heterocycles. The first-order valence-corrected chi connectivity index (χ1v) is 5.43. The molecule has 1 aromatic carbocycles. The van der Waals surface area contributed by atoms with E-state index >= 15 is 0 Å². The molecule has 2 heterocycles. The number of halogens is 1. The van der Waals surface area contributed by atoms with Crippen molar-refractivity contribution in [2.75, 3.05) is 13.2 Å². The summed E-state index contributed by atoms with van der Waals surface area (Å²) in [5.74, 6) is 0.103. The molecular weight excluding hydrogens is 211 g/mol. The van der Waals surface area contributed by atoms with Gasteiger partial charge in [0.15, 0.2) is 0 Å². The molecule has 2 aliphatic heterocycles. The maximum absolute atomic E-state index is 13.1. The summed E-state index contributed by atoms with van der Waals surface area (Å²) in [4.78, 5) is 0.